The summed E-state index contributed by atoms with van der Waals surface area (Å²) in [7, 11) is 1.69. The summed E-state index contributed by atoms with van der Waals surface area (Å²) in [5.41, 5.74) is 2.95. The van der Waals surface area contributed by atoms with Gasteiger partial charge >= 0.3 is 0 Å². The summed E-state index contributed by atoms with van der Waals surface area (Å²) in [4.78, 5) is 19.7. The van der Waals surface area contributed by atoms with Gasteiger partial charge in [-0.1, -0.05) is 44.0 Å². The lowest BCUT2D eigenvalue weighted by Crippen LogP contribution is -2.59. The van der Waals surface area contributed by atoms with E-state index >= 15 is 0 Å². The monoisotopic (exact) mass is 495 g/mol. The van der Waals surface area contributed by atoms with Gasteiger partial charge in [0.1, 0.15) is 5.75 Å². The van der Waals surface area contributed by atoms with E-state index in [1.54, 1.807) is 7.11 Å². The highest BCUT2D eigenvalue weighted by atomic mass is 16.5. The number of carbonyl (C=O) groups is 1. The van der Waals surface area contributed by atoms with Crippen LogP contribution in [-0.4, -0.2) is 84.2 Å². The number of ether oxygens (including phenoxy) is 1. The molecular weight excluding hydrogens is 450 g/mol. The Kier molecular flexibility index (Phi) is 10.8. The molecule has 3 unspecified atom stereocenters. The van der Waals surface area contributed by atoms with Crippen molar-refractivity contribution in [2.45, 2.75) is 65.1 Å². The summed E-state index contributed by atoms with van der Waals surface area (Å²) < 4.78 is 5.55. The lowest BCUT2D eigenvalue weighted by atomic mass is 9.92. The van der Waals surface area contributed by atoms with Crippen LogP contribution < -0.4 is 4.74 Å². The topological polar surface area (TPSA) is 56.2 Å². The minimum atomic E-state index is -0.0462. The molecule has 1 heterocycles. The van der Waals surface area contributed by atoms with Crippen molar-refractivity contribution < 1.29 is 14.6 Å². The summed E-state index contributed by atoms with van der Waals surface area (Å²) in [5.74, 6) is 0.879. The third kappa shape index (κ3) is 6.67. The van der Waals surface area contributed by atoms with Crippen LogP contribution in [0.5, 0.6) is 5.75 Å². The Labute approximate surface area is 217 Å². The van der Waals surface area contributed by atoms with Crippen molar-refractivity contribution in [3.8, 4) is 5.75 Å². The van der Waals surface area contributed by atoms with Crippen molar-refractivity contribution in [3.05, 3.63) is 65.2 Å². The molecule has 0 radical (unpaired) electrons. The van der Waals surface area contributed by atoms with Crippen molar-refractivity contribution in [2.75, 3.05) is 46.4 Å². The zero-order chi connectivity index (χ0) is 26.1. The van der Waals surface area contributed by atoms with E-state index in [0.717, 1.165) is 36.5 Å². The second kappa shape index (κ2) is 13.8. The maximum absolute atomic E-state index is 12.9. The molecule has 0 aliphatic carbocycles. The van der Waals surface area contributed by atoms with Gasteiger partial charge in [-0.3, -0.25) is 14.6 Å². The van der Waals surface area contributed by atoms with Crippen molar-refractivity contribution in [3.63, 3.8) is 0 Å². The molecule has 36 heavy (non-hydrogen) atoms. The number of aliphatic hydroxyl groups is 1. The van der Waals surface area contributed by atoms with Crippen LogP contribution in [-0.2, 0) is 0 Å². The number of benzene rings is 2. The molecule has 1 fully saturated rings. The van der Waals surface area contributed by atoms with Gasteiger partial charge in [-0.15, -0.1) is 0 Å². The maximum Gasteiger partial charge on any atom is 0.253 e. The Morgan fingerprint density at radius 1 is 1.06 bits per heavy atom. The smallest absolute Gasteiger partial charge is 0.253 e. The van der Waals surface area contributed by atoms with Crippen molar-refractivity contribution in [1.82, 2.24) is 14.7 Å². The fourth-order valence-electron chi connectivity index (χ4n) is 5.37. The number of hydrogen-bond donors (Lipinski definition) is 1. The number of piperazine rings is 1. The van der Waals surface area contributed by atoms with E-state index in [1.165, 1.54) is 19.3 Å². The predicted octanol–water partition coefficient (Wildman–Crippen LogP) is 4.82. The van der Waals surface area contributed by atoms with Gasteiger partial charge < -0.3 is 14.7 Å². The van der Waals surface area contributed by atoms with Crippen LogP contribution in [0, 0.1) is 0 Å². The number of hydrogen-bond acceptors (Lipinski definition) is 5. The Bertz CT molecular complexity index is 945. The first-order chi connectivity index (χ1) is 17.5. The lowest BCUT2D eigenvalue weighted by Gasteiger charge is -2.48. The minimum absolute atomic E-state index is 0.0241. The fourth-order valence-corrected chi connectivity index (χ4v) is 5.37. The van der Waals surface area contributed by atoms with Crippen LogP contribution in [0.1, 0.15) is 74.5 Å². The van der Waals surface area contributed by atoms with E-state index in [4.69, 9.17) is 4.74 Å². The van der Waals surface area contributed by atoms with E-state index in [2.05, 4.69) is 47.9 Å². The van der Waals surface area contributed by atoms with Gasteiger partial charge in [0.25, 0.3) is 5.91 Å². The summed E-state index contributed by atoms with van der Waals surface area (Å²) >= 11 is 0. The molecule has 3 rings (SSSR count). The largest absolute Gasteiger partial charge is 0.497 e. The number of aliphatic hydroxyl groups excluding tert-OH is 1. The first-order valence-electron chi connectivity index (χ1n) is 13.6. The summed E-state index contributed by atoms with van der Waals surface area (Å²) in [5, 5.41) is 10.5. The Morgan fingerprint density at radius 2 is 1.78 bits per heavy atom. The normalized spacial score (nSPS) is 19.7. The molecule has 0 spiro atoms. The zero-order valence-corrected chi connectivity index (χ0v) is 22.8. The van der Waals surface area contributed by atoms with Crippen LogP contribution in [0.4, 0.5) is 0 Å². The van der Waals surface area contributed by atoms with Crippen molar-refractivity contribution >= 4 is 5.91 Å². The molecule has 6 heteroatoms. The Balaban J connectivity index is 1.95. The predicted molar refractivity (Wildman–Crippen MR) is 147 cm³/mol. The highest BCUT2D eigenvalue weighted by Gasteiger charge is 2.36. The van der Waals surface area contributed by atoms with E-state index in [0.29, 0.717) is 24.7 Å². The molecule has 2 aromatic rings. The number of carbonyl (C=O) groups excluding carboxylic acids is 1. The molecule has 0 aromatic heterocycles. The molecule has 2 aromatic carbocycles. The second-order valence-corrected chi connectivity index (χ2v) is 9.86. The summed E-state index contributed by atoms with van der Waals surface area (Å²) in [6, 6.07) is 16.6. The molecule has 6 nitrogen and oxygen atoms in total. The van der Waals surface area contributed by atoms with Crippen molar-refractivity contribution in [2.24, 2.45) is 0 Å². The van der Waals surface area contributed by atoms with Gasteiger partial charge in [-0.2, -0.15) is 0 Å². The minimum Gasteiger partial charge on any atom is -0.497 e. The van der Waals surface area contributed by atoms with E-state index in [1.807, 2.05) is 43.0 Å². The Morgan fingerprint density at radius 3 is 2.39 bits per heavy atom. The fraction of sp³-hybridized carbons (Fsp3) is 0.567. The van der Waals surface area contributed by atoms with Crippen LogP contribution in [0.3, 0.4) is 0 Å². The quantitative estimate of drug-likeness (QED) is 0.428. The summed E-state index contributed by atoms with van der Waals surface area (Å²) in [6.45, 7) is 12.8. The zero-order valence-electron chi connectivity index (χ0n) is 22.8. The van der Waals surface area contributed by atoms with Crippen LogP contribution in [0.25, 0.3) is 0 Å². The van der Waals surface area contributed by atoms with E-state index < -0.39 is 0 Å². The molecular formula is C30H45N3O3. The number of unbranched alkanes of at least 4 members (excludes halogenated alkanes) is 2. The van der Waals surface area contributed by atoms with Crippen LogP contribution in [0.15, 0.2) is 48.5 Å². The standard InChI is InChI=1S/C30H45N3O3/c1-6-9-10-18-32-21-27(22-34)33(20-23(32)4)29(26-12-11-13-28(19-26)36-5)24-14-16-25(17-15-24)30(35)31(7-2)8-3/h11-17,19,23,27,29,34H,6-10,18,20-22H2,1-5H3. The van der Waals surface area contributed by atoms with Gasteiger partial charge in [-0.25, -0.2) is 0 Å². The van der Waals surface area contributed by atoms with E-state index in [9.17, 15) is 9.90 Å². The third-order valence-electron chi connectivity index (χ3n) is 7.54. The lowest BCUT2D eigenvalue weighted by molar-refractivity contribution is -0.00770. The Hall–Kier alpha value is -2.41. The molecule has 1 amide bonds. The molecule has 1 aliphatic heterocycles. The number of amides is 1. The van der Waals surface area contributed by atoms with Crippen LogP contribution in [0.2, 0.25) is 0 Å². The molecule has 1 N–H and O–H groups in total. The molecule has 1 saturated heterocycles. The molecule has 3 atom stereocenters. The molecule has 1 aliphatic rings. The SMILES string of the molecule is CCCCCN1CC(CO)N(C(c2ccc(C(=O)N(CC)CC)cc2)c2cccc(OC)c2)CC1C. The number of nitrogens with zero attached hydrogens (tertiary/aromatic N) is 3. The molecule has 0 bridgehead atoms. The van der Waals surface area contributed by atoms with Gasteiger partial charge in [0.2, 0.25) is 0 Å². The first kappa shape index (κ1) is 28.2. The second-order valence-electron chi connectivity index (χ2n) is 9.86. The van der Waals surface area contributed by atoms with Gasteiger partial charge in [0.15, 0.2) is 0 Å². The highest BCUT2D eigenvalue weighted by molar-refractivity contribution is 5.94. The van der Waals surface area contributed by atoms with Crippen LogP contribution >= 0.6 is 0 Å². The van der Waals surface area contributed by atoms with Gasteiger partial charge in [0, 0.05) is 43.8 Å². The third-order valence-corrected chi connectivity index (χ3v) is 7.54. The molecule has 198 valence electrons. The van der Waals surface area contributed by atoms with Gasteiger partial charge in [-0.05, 0) is 69.1 Å². The molecule has 0 saturated carbocycles. The van der Waals surface area contributed by atoms with Crippen molar-refractivity contribution in [1.29, 1.82) is 0 Å². The van der Waals surface area contributed by atoms with Gasteiger partial charge in [0.05, 0.1) is 19.8 Å². The number of rotatable bonds is 12. The number of methoxy groups -OCH3 is 1. The average molecular weight is 496 g/mol. The summed E-state index contributed by atoms with van der Waals surface area (Å²) in [6.07, 6.45) is 3.64. The maximum atomic E-state index is 12.9. The van der Waals surface area contributed by atoms with E-state index in [-0.39, 0.29) is 24.6 Å². The average Bonchev–Trinajstić information content (AvgIpc) is 2.91. The first-order valence-corrected chi connectivity index (χ1v) is 13.6. The highest BCUT2D eigenvalue weighted by Crippen LogP contribution is 2.35.